The van der Waals surface area contributed by atoms with Crippen molar-refractivity contribution in [2.24, 2.45) is 17.3 Å². The van der Waals surface area contributed by atoms with E-state index in [-0.39, 0.29) is 17.5 Å². The highest BCUT2D eigenvalue weighted by Gasteiger charge is 2.57. The van der Waals surface area contributed by atoms with Crippen molar-refractivity contribution in [1.29, 1.82) is 21.2 Å². The molecule has 4 rings (SSSR count). The lowest BCUT2D eigenvalue weighted by molar-refractivity contribution is 0.0342. The zero-order valence-corrected chi connectivity index (χ0v) is 17.0. The van der Waals surface area contributed by atoms with E-state index in [4.69, 9.17) is 10.1 Å². The van der Waals surface area contributed by atoms with Crippen molar-refractivity contribution in [3.63, 3.8) is 0 Å². The minimum absolute atomic E-state index is 0.0308. The molecule has 29 heavy (non-hydrogen) atoms. The van der Waals surface area contributed by atoms with Gasteiger partial charge in [0.1, 0.15) is 5.92 Å². The fourth-order valence-corrected chi connectivity index (χ4v) is 6.11. The fraction of sp³-hybridized carbons (Fsp3) is 0.545. The Bertz CT molecular complexity index is 939. The number of ether oxygens (including phenoxy) is 1. The van der Waals surface area contributed by atoms with Crippen molar-refractivity contribution in [3.8, 4) is 18.2 Å². The molecule has 0 unspecified atom stereocenters. The topological polar surface area (TPSA) is 108 Å². The molecule has 1 saturated heterocycles. The lowest BCUT2D eigenvalue weighted by Crippen LogP contribution is -2.48. The van der Waals surface area contributed by atoms with Gasteiger partial charge in [0.15, 0.2) is 5.41 Å². The van der Waals surface area contributed by atoms with Gasteiger partial charge in [-0.1, -0.05) is 6.08 Å². The molecule has 1 aromatic rings. The summed E-state index contributed by atoms with van der Waals surface area (Å²) in [7, 11) is 0. The minimum Gasteiger partial charge on any atom is -0.379 e. The van der Waals surface area contributed by atoms with Crippen LogP contribution in [-0.4, -0.2) is 36.9 Å². The van der Waals surface area contributed by atoms with Gasteiger partial charge in [0.2, 0.25) is 0 Å². The first-order chi connectivity index (χ1) is 14.1. The van der Waals surface area contributed by atoms with Gasteiger partial charge in [-0.2, -0.15) is 15.8 Å². The Morgan fingerprint density at radius 1 is 1.24 bits per heavy atom. The number of fused-ring (bicyclic) bond motifs is 1. The molecular weight excluding hydrogens is 382 g/mol. The predicted molar refractivity (Wildman–Crippen MR) is 109 cm³/mol. The largest absolute Gasteiger partial charge is 0.379 e. The number of nitriles is 3. The summed E-state index contributed by atoms with van der Waals surface area (Å²) in [5.74, 6) is -1.18. The Balaban J connectivity index is 1.72. The lowest BCUT2D eigenvalue weighted by atomic mass is 9.54. The van der Waals surface area contributed by atoms with E-state index in [9.17, 15) is 15.8 Å². The Morgan fingerprint density at radius 3 is 2.69 bits per heavy atom. The van der Waals surface area contributed by atoms with Crippen LogP contribution in [0, 0.1) is 56.7 Å². The maximum Gasteiger partial charge on any atom is 0.190 e. The van der Waals surface area contributed by atoms with Gasteiger partial charge in [-0.3, -0.25) is 4.90 Å². The Morgan fingerprint density at radius 2 is 2.00 bits per heavy atom. The van der Waals surface area contributed by atoms with Gasteiger partial charge < -0.3 is 10.1 Å². The molecule has 1 saturated carbocycles. The van der Waals surface area contributed by atoms with E-state index in [0.29, 0.717) is 0 Å². The van der Waals surface area contributed by atoms with Gasteiger partial charge in [-0.25, -0.2) is 0 Å². The third-order valence-corrected chi connectivity index (χ3v) is 7.48. The van der Waals surface area contributed by atoms with Gasteiger partial charge in [0, 0.05) is 30.4 Å². The van der Waals surface area contributed by atoms with E-state index in [2.05, 4.69) is 40.6 Å². The molecule has 2 fully saturated rings. The van der Waals surface area contributed by atoms with E-state index in [1.165, 1.54) is 5.56 Å². The Labute approximate surface area is 175 Å². The average molecular weight is 406 g/mol. The molecule has 3 atom stereocenters. The van der Waals surface area contributed by atoms with Crippen molar-refractivity contribution in [1.82, 2.24) is 4.90 Å². The molecule has 148 valence electrons. The number of morpholine rings is 1. The van der Waals surface area contributed by atoms with Crippen molar-refractivity contribution >= 4 is 17.0 Å². The number of thiophene rings is 1. The van der Waals surface area contributed by atoms with Crippen molar-refractivity contribution in [3.05, 3.63) is 33.5 Å². The van der Waals surface area contributed by atoms with E-state index in [1.807, 2.05) is 0 Å². The van der Waals surface area contributed by atoms with Crippen molar-refractivity contribution in [2.75, 3.05) is 26.3 Å². The molecule has 0 radical (unpaired) electrons. The van der Waals surface area contributed by atoms with Crippen LogP contribution in [-0.2, 0) is 11.3 Å². The summed E-state index contributed by atoms with van der Waals surface area (Å²) < 4.78 is 5.42. The standard InChI is InChI=1S/C22H23N5OS/c23-10-18-16-3-1-2-4-17(16)20(22(13-24,14-25)21(18)26)19-9-15(12-29-19)11-27-5-7-28-8-6-27/h3,9,12,17-18,20,26H,1-2,4-8,11H2/t17-,18+,20+/m1/s1. The number of rotatable bonds is 3. The molecule has 6 nitrogen and oxygen atoms in total. The van der Waals surface area contributed by atoms with E-state index in [0.717, 1.165) is 62.6 Å². The third-order valence-electron chi connectivity index (χ3n) is 6.42. The SMILES string of the molecule is N#C[C@@H]1C(=N)C(C#N)(C#N)[C@H](c2cc(CN3CCOCC3)cs2)[C@@H]2CCCC=C12. The molecule has 0 bridgehead atoms. The first-order valence-electron chi connectivity index (χ1n) is 10.0. The van der Waals surface area contributed by atoms with E-state index < -0.39 is 11.3 Å². The maximum atomic E-state index is 10.1. The summed E-state index contributed by atoms with van der Waals surface area (Å²) in [4.78, 5) is 3.33. The van der Waals surface area contributed by atoms with Crippen LogP contribution in [0.1, 0.15) is 35.6 Å². The molecule has 3 aliphatic rings. The number of hydrogen-bond donors (Lipinski definition) is 1. The Kier molecular flexibility index (Phi) is 5.52. The van der Waals surface area contributed by atoms with Crippen LogP contribution in [0.2, 0.25) is 0 Å². The normalized spacial score (nSPS) is 29.1. The highest BCUT2D eigenvalue weighted by atomic mass is 32.1. The zero-order chi connectivity index (χ0) is 20.4. The highest BCUT2D eigenvalue weighted by Crippen LogP contribution is 2.56. The first-order valence-corrected chi connectivity index (χ1v) is 10.9. The second-order valence-electron chi connectivity index (χ2n) is 7.97. The summed E-state index contributed by atoms with van der Waals surface area (Å²) in [6, 6.07) is 8.65. The van der Waals surface area contributed by atoms with E-state index >= 15 is 0 Å². The van der Waals surface area contributed by atoms with Crippen LogP contribution in [0.4, 0.5) is 0 Å². The van der Waals surface area contributed by atoms with Crippen LogP contribution in [0.5, 0.6) is 0 Å². The van der Waals surface area contributed by atoms with Crippen LogP contribution in [0.15, 0.2) is 23.1 Å². The molecule has 2 heterocycles. The van der Waals surface area contributed by atoms with Crippen LogP contribution in [0.3, 0.4) is 0 Å². The number of hydrogen-bond acceptors (Lipinski definition) is 7. The molecule has 1 aromatic heterocycles. The zero-order valence-electron chi connectivity index (χ0n) is 16.2. The number of nitrogens with one attached hydrogen (secondary N) is 1. The Hall–Kier alpha value is -2.50. The molecule has 0 amide bonds. The van der Waals surface area contributed by atoms with Gasteiger partial charge >= 0.3 is 0 Å². The lowest BCUT2D eigenvalue weighted by Gasteiger charge is -2.45. The van der Waals surface area contributed by atoms with Gasteiger partial charge in [-0.15, -0.1) is 11.3 Å². The summed E-state index contributed by atoms with van der Waals surface area (Å²) in [5, 5.41) is 40.6. The molecule has 1 aliphatic heterocycles. The van der Waals surface area contributed by atoms with Gasteiger partial charge in [0.25, 0.3) is 0 Å². The highest BCUT2D eigenvalue weighted by molar-refractivity contribution is 7.10. The monoisotopic (exact) mass is 405 g/mol. The summed E-state index contributed by atoms with van der Waals surface area (Å²) in [6.45, 7) is 4.12. The van der Waals surface area contributed by atoms with Gasteiger partial charge in [0.05, 0.1) is 37.1 Å². The minimum atomic E-state index is -1.58. The van der Waals surface area contributed by atoms with Crippen LogP contribution < -0.4 is 0 Å². The average Bonchev–Trinajstić information content (AvgIpc) is 3.21. The molecule has 2 aliphatic carbocycles. The molecule has 0 aromatic carbocycles. The fourth-order valence-electron chi connectivity index (χ4n) is 4.97. The van der Waals surface area contributed by atoms with Crippen molar-refractivity contribution < 1.29 is 4.74 Å². The van der Waals surface area contributed by atoms with Crippen LogP contribution in [0.25, 0.3) is 0 Å². The smallest absolute Gasteiger partial charge is 0.190 e. The predicted octanol–water partition coefficient (Wildman–Crippen LogP) is 3.60. The van der Waals surface area contributed by atoms with Crippen molar-refractivity contribution in [2.45, 2.75) is 31.7 Å². The summed E-state index contributed by atoms with van der Waals surface area (Å²) >= 11 is 1.58. The number of allylic oxidation sites excluding steroid dienone is 2. The first kappa shape index (κ1) is 19.8. The van der Waals surface area contributed by atoms with Crippen LogP contribution >= 0.6 is 11.3 Å². The molecule has 1 N–H and O–H groups in total. The second-order valence-corrected chi connectivity index (χ2v) is 8.92. The van der Waals surface area contributed by atoms with Gasteiger partial charge in [-0.05, 0) is 47.8 Å². The molecule has 0 spiro atoms. The van der Waals surface area contributed by atoms with E-state index in [1.54, 1.807) is 11.3 Å². The summed E-state index contributed by atoms with van der Waals surface area (Å²) in [6.07, 6.45) is 4.80. The second kappa shape index (κ2) is 8.09. The quantitative estimate of drug-likeness (QED) is 0.773. The number of nitrogens with zero attached hydrogens (tertiary/aromatic N) is 4. The molecular formula is C22H23N5OS. The third kappa shape index (κ3) is 3.28. The molecule has 7 heteroatoms. The summed E-state index contributed by atoms with van der Waals surface area (Å²) in [5.41, 5.74) is 0.480. The maximum absolute atomic E-state index is 10.1.